The summed E-state index contributed by atoms with van der Waals surface area (Å²) >= 11 is 0. The van der Waals surface area contributed by atoms with E-state index < -0.39 is 0 Å². The summed E-state index contributed by atoms with van der Waals surface area (Å²) in [7, 11) is 2.18. The van der Waals surface area contributed by atoms with Crippen LogP contribution >= 0.6 is 0 Å². The van der Waals surface area contributed by atoms with E-state index in [-0.39, 0.29) is 0 Å². The van der Waals surface area contributed by atoms with Crippen LogP contribution in [0.25, 0.3) is 16.6 Å². The first-order valence-corrected chi connectivity index (χ1v) is 8.08. The van der Waals surface area contributed by atoms with Gasteiger partial charge in [-0.3, -0.25) is 0 Å². The SMILES string of the molecule is C=C1c2c(n(C)c3c(C)cccc23)CCN1Cc1nc[nH]c1C. The highest BCUT2D eigenvalue weighted by Crippen LogP contribution is 2.37. The lowest BCUT2D eigenvalue weighted by atomic mass is 10.00. The molecule has 0 atom stereocenters. The molecule has 0 saturated heterocycles. The van der Waals surface area contributed by atoms with E-state index >= 15 is 0 Å². The molecule has 0 amide bonds. The summed E-state index contributed by atoms with van der Waals surface area (Å²) in [6.45, 7) is 10.5. The first kappa shape index (κ1) is 14.1. The molecule has 4 nitrogen and oxygen atoms in total. The van der Waals surface area contributed by atoms with Crippen LogP contribution < -0.4 is 0 Å². The Morgan fingerprint density at radius 1 is 1.30 bits per heavy atom. The molecular formula is C19H22N4. The second-order valence-electron chi connectivity index (χ2n) is 6.44. The third kappa shape index (κ3) is 2.01. The normalized spacial score (nSPS) is 14.6. The van der Waals surface area contributed by atoms with Gasteiger partial charge in [0.15, 0.2) is 0 Å². The Morgan fingerprint density at radius 2 is 2.13 bits per heavy atom. The fraction of sp³-hybridized carbons (Fsp3) is 0.316. The minimum Gasteiger partial charge on any atom is -0.365 e. The zero-order chi connectivity index (χ0) is 16.1. The van der Waals surface area contributed by atoms with E-state index in [1.807, 2.05) is 0 Å². The standard InChI is InChI=1S/C19H22N4/c1-12-6-5-7-15-18-14(3)23(10-16-13(2)20-11-21-16)9-8-17(18)22(4)19(12)15/h5-7,11H,3,8-10H2,1-2,4H3,(H,20,21). The molecule has 0 bridgehead atoms. The van der Waals surface area contributed by atoms with Gasteiger partial charge in [-0.05, 0) is 19.4 Å². The molecule has 3 aromatic rings. The van der Waals surface area contributed by atoms with Gasteiger partial charge in [0.25, 0.3) is 0 Å². The molecule has 0 fully saturated rings. The molecule has 3 heterocycles. The zero-order valence-corrected chi connectivity index (χ0v) is 14.0. The molecule has 4 rings (SSSR count). The van der Waals surface area contributed by atoms with Crippen LogP contribution in [0.3, 0.4) is 0 Å². The van der Waals surface area contributed by atoms with Crippen molar-refractivity contribution in [3.8, 4) is 0 Å². The maximum absolute atomic E-state index is 4.44. The average Bonchev–Trinajstić information content (AvgIpc) is 3.06. The Bertz CT molecular complexity index is 913. The maximum atomic E-state index is 4.44. The van der Waals surface area contributed by atoms with Crippen molar-refractivity contribution in [1.82, 2.24) is 19.4 Å². The number of aromatic nitrogens is 3. The summed E-state index contributed by atoms with van der Waals surface area (Å²) in [5.74, 6) is 0. The molecule has 2 aromatic heterocycles. The third-order valence-electron chi connectivity index (χ3n) is 5.10. The van der Waals surface area contributed by atoms with Crippen molar-refractivity contribution in [2.75, 3.05) is 6.54 Å². The predicted molar refractivity (Wildman–Crippen MR) is 94.1 cm³/mol. The van der Waals surface area contributed by atoms with Gasteiger partial charge >= 0.3 is 0 Å². The Kier molecular flexibility index (Phi) is 3.08. The largest absolute Gasteiger partial charge is 0.365 e. The number of hydrogen-bond acceptors (Lipinski definition) is 2. The van der Waals surface area contributed by atoms with Crippen LogP contribution in [0.15, 0.2) is 31.1 Å². The summed E-state index contributed by atoms with van der Waals surface area (Å²) < 4.78 is 2.35. The van der Waals surface area contributed by atoms with Crippen LogP contribution in [0.5, 0.6) is 0 Å². The number of aryl methyl sites for hydroxylation is 3. The van der Waals surface area contributed by atoms with Gasteiger partial charge in [0.05, 0.1) is 24.1 Å². The first-order valence-electron chi connectivity index (χ1n) is 8.08. The summed E-state index contributed by atoms with van der Waals surface area (Å²) in [6, 6.07) is 6.54. The lowest BCUT2D eigenvalue weighted by molar-refractivity contribution is 0.376. The van der Waals surface area contributed by atoms with Crippen molar-refractivity contribution in [2.24, 2.45) is 7.05 Å². The van der Waals surface area contributed by atoms with E-state index in [2.05, 4.69) is 65.1 Å². The van der Waals surface area contributed by atoms with E-state index in [1.165, 1.54) is 27.7 Å². The number of rotatable bonds is 2. The molecule has 4 heteroatoms. The average molecular weight is 306 g/mol. The number of hydrogen-bond donors (Lipinski definition) is 1. The van der Waals surface area contributed by atoms with Gasteiger partial charge in [-0.25, -0.2) is 4.98 Å². The molecule has 118 valence electrons. The minimum absolute atomic E-state index is 0.815. The highest BCUT2D eigenvalue weighted by Gasteiger charge is 2.26. The molecule has 1 aliphatic rings. The fourth-order valence-electron chi connectivity index (χ4n) is 3.81. The van der Waals surface area contributed by atoms with Crippen molar-refractivity contribution in [1.29, 1.82) is 0 Å². The second-order valence-corrected chi connectivity index (χ2v) is 6.44. The number of nitrogens with zero attached hydrogens (tertiary/aromatic N) is 3. The third-order valence-corrected chi connectivity index (χ3v) is 5.10. The van der Waals surface area contributed by atoms with E-state index in [9.17, 15) is 0 Å². The van der Waals surface area contributed by atoms with Crippen LogP contribution in [-0.4, -0.2) is 26.0 Å². The number of benzene rings is 1. The molecule has 0 radical (unpaired) electrons. The zero-order valence-electron chi connectivity index (χ0n) is 14.0. The van der Waals surface area contributed by atoms with Gasteiger partial charge in [-0.2, -0.15) is 0 Å². The number of para-hydroxylation sites is 1. The van der Waals surface area contributed by atoms with Crippen molar-refractivity contribution in [3.63, 3.8) is 0 Å². The van der Waals surface area contributed by atoms with Gasteiger partial charge < -0.3 is 14.5 Å². The van der Waals surface area contributed by atoms with Gasteiger partial charge in [-0.1, -0.05) is 24.8 Å². The van der Waals surface area contributed by atoms with E-state index in [1.54, 1.807) is 6.33 Å². The molecule has 0 saturated carbocycles. The monoisotopic (exact) mass is 306 g/mol. The van der Waals surface area contributed by atoms with Crippen molar-refractivity contribution in [2.45, 2.75) is 26.8 Å². The lowest BCUT2D eigenvalue weighted by Crippen LogP contribution is -2.29. The van der Waals surface area contributed by atoms with Crippen LogP contribution in [-0.2, 0) is 20.0 Å². The number of nitrogens with one attached hydrogen (secondary N) is 1. The van der Waals surface area contributed by atoms with Gasteiger partial charge in [0.2, 0.25) is 0 Å². The van der Waals surface area contributed by atoms with Crippen molar-refractivity contribution >= 4 is 16.6 Å². The van der Waals surface area contributed by atoms with Crippen LogP contribution in [0.2, 0.25) is 0 Å². The van der Waals surface area contributed by atoms with E-state index in [0.29, 0.717) is 0 Å². The summed E-state index contributed by atoms with van der Waals surface area (Å²) in [5, 5.41) is 1.32. The summed E-state index contributed by atoms with van der Waals surface area (Å²) in [5.41, 5.74) is 8.71. The summed E-state index contributed by atoms with van der Waals surface area (Å²) in [6.07, 6.45) is 2.81. The number of imidazole rings is 1. The van der Waals surface area contributed by atoms with Gasteiger partial charge in [0, 0.05) is 48.0 Å². The molecule has 1 N–H and O–H groups in total. The minimum atomic E-state index is 0.815. The maximum Gasteiger partial charge on any atom is 0.0925 e. The molecule has 0 aliphatic carbocycles. The number of H-pyrrole nitrogens is 1. The number of aromatic amines is 1. The first-order chi connectivity index (χ1) is 11.1. The lowest BCUT2D eigenvalue weighted by Gasteiger charge is -2.31. The molecule has 0 spiro atoms. The van der Waals surface area contributed by atoms with Gasteiger partial charge in [0.1, 0.15) is 0 Å². The van der Waals surface area contributed by atoms with E-state index in [4.69, 9.17) is 0 Å². The Balaban J connectivity index is 1.80. The predicted octanol–water partition coefficient (Wildman–Crippen LogP) is 3.55. The Labute approximate surface area is 136 Å². The van der Waals surface area contributed by atoms with Crippen LogP contribution in [0, 0.1) is 13.8 Å². The smallest absolute Gasteiger partial charge is 0.0925 e. The molecule has 1 aliphatic heterocycles. The second kappa shape index (κ2) is 5.01. The highest BCUT2D eigenvalue weighted by atomic mass is 15.2. The summed E-state index contributed by atoms with van der Waals surface area (Å²) in [4.78, 5) is 9.95. The quantitative estimate of drug-likeness (QED) is 0.786. The van der Waals surface area contributed by atoms with Crippen molar-refractivity contribution in [3.05, 3.63) is 59.3 Å². The highest BCUT2D eigenvalue weighted by molar-refractivity contribution is 5.96. The van der Waals surface area contributed by atoms with E-state index in [0.717, 1.165) is 36.6 Å². The van der Waals surface area contributed by atoms with Gasteiger partial charge in [-0.15, -0.1) is 0 Å². The number of fused-ring (bicyclic) bond motifs is 3. The Morgan fingerprint density at radius 3 is 2.87 bits per heavy atom. The molecule has 0 unspecified atom stereocenters. The molecule has 23 heavy (non-hydrogen) atoms. The fourth-order valence-corrected chi connectivity index (χ4v) is 3.81. The van der Waals surface area contributed by atoms with Crippen LogP contribution in [0.1, 0.15) is 28.2 Å². The topological polar surface area (TPSA) is 36.9 Å². The van der Waals surface area contributed by atoms with Crippen molar-refractivity contribution < 1.29 is 0 Å². The molecular weight excluding hydrogens is 284 g/mol. The Hall–Kier alpha value is -2.49. The molecule has 1 aromatic carbocycles. The van der Waals surface area contributed by atoms with Crippen LogP contribution in [0.4, 0.5) is 0 Å².